The molecule has 1 aromatic heterocycles. The van der Waals surface area contributed by atoms with Crippen LogP contribution in [0.5, 0.6) is 0 Å². The first-order valence-corrected chi connectivity index (χ1v) is 8.21. The number of hydrogen-bond donors (Lipinski definition) is 2. The molecule has 0 saturated carbocycles. The zero-order chi connectivity index (χ0) is 13.5. The van der Waals surface area contributed by atoms with Gasteiger partial charge in [-0.1, -0.05) is 25.8 Å². The summed E-state index contributed by atoms with van der Waals surface area (Å²) in [7, 11) is 0. The summed E-state index contributed by atoms with van der Waals surface area (Å²) in [5.41, 5.74) is 1.32. The van der Waals surface area contributed by atoms with E-state index in [1.54, 1.807) is 0 Å². The molecular weight excluding hydrogens is 254 g/mol. The fourth-order valence-corrected chi connectivity index (χ4v) is 3.56. The molecule has 0 saturated heterocycles. The van der Waals surface area contributed by atoms with Gasteiger partial charge in [-0.05, 0) is 25.7 Å². The molecular formula is C15H25N3S. The summed E-state index contributed by atoms with van der Waals surface area (Å²) in [5, 5.41) is 8.10. The molecule has 0 bridgehead atoms. The molecule has 0 amide bonds. The van der Waals surface area contributed by atoms with Crippen molar-refractivity contribution in [3.8, 4) is 0 Å². The Balaban J connectivity index is 1.83. The van der Waals surface area contributed by atoms with Gasteiger partial charge in [0.15, 0.2) is 5.13 Å². The predicted molar refractivity (Wildman–Crippen MR) is 84.1 cm³/mol. The maximum absolute atomic E-state index is 4.72. The smallest absolute Gasteiger partial charge is 0.183 e. The van der Waals surface area contributed by atoms with Crippen molar-refractivity contribution in [2.24, 2.45) is 0 Å². The molecule has 1 aromatic rings. The molecule has 1 aliphatic rings. The number of nitrogens with one attached hydrogen (secondary N) is 2. The molecule has 0 spiro atoms. The van der Waals surface area contributed by atoms with Crippen LogP contribution < -0.4 is 10.6 Å². The highest BCUT2D eigenvalue weighted by Crippen LogP contribution is 2.29. The maximum atomic E-state index is 4.72. The molecule has 19 heavy (non-hydrogen) atoms. The van der Waals surface area contributed by atoms with Crippen LogP contribution in [-0.4, -0.2) is 24.1 Å². The van der Waals surface area contributed by atoms with Gasteiger partial charge in [0.2, 0.25) is 0 Å². The Morgan fingerprint density at radius 2 is 2.37 bits per heavy atom. The van der Waals surface area contributed by atoms with Crippen LogP contribution in [0.1, 0.15) is 43.2 Å². The summed E-state index contributed by atoms with van der Waals surface area (Å²) in [4.78, 5) is 6.19. The normalized spacial score (nSPS) is 18.1. The van der Waals surface area contributed by atoms with Gasteiger partial charge in [-0.2, -0.15) is 0 Å². The minimum absolute atomic E-state index is 0.596. The quantitative estimate of drug-likeness (QED) is 0.566. The van der Waals surface area contributed by atoms with Crippen molar-refractivity contribution in [1.82, 2.24) is 10.3 Å². The third-order valence-corrected chi connectivity index (χ3v) is 4.62. The van der Waals surface area contributed by atoms with Crippen molar-refractivity contribution < 1.29 is 0 Å². The summed E-state index contributed by atoms with van der Waals surface area (Å²) in [6, 6.07) is 0.596. The van der Waals surface area contributed by atoms with E-state index in [9.17, 15) is 0 Å². The third kappa shape index (κ3) is 4.32. The van der Waals surface area contributed by atoms with Crippen molar-refractivity contribution in [2.75, 3.05) is 18.4 Å². The monoisotopic (exact) mass is 279 g/mol. The van der Waals surface area contributed by atoms with Gasteiger partial charge in [0.05, 0.1) is 5.69 Å². The van der Waals surface area contributed by atoms with E-state index in [0.29, 0.717) is 6.04 Å². The highest BCUT2D eigenvalue weighted by Gasteiger charge is 2.21. The molecule has 0 aromatic carbocycles. The highest BCUT2D eigenvalue weighted by atomic mass is 32.1. The van der Waals surface area contributed by atoms with E-state index < -0.39 is 0 Å². The fourth-order valence-electron chi connectivity index (χ4n) is 2.45. The lowest BCUT2D eigenvalue weighted by Crippen LogP contribution is -2.34. The minimum atomic E-state index is 0.596. The SMILES string of the molecule is C=CCNC1CCc2nc(NCCCCC)sc2C1. The van der Waals surface area contributed by atoms with Gasteiger partial charge in [0.1, 0.15) is 0 Å². The van der Waals surface area contributed by atoms with Crippen molar-refractivity contribution in [3.05, 3.63) is 23.2 Å². The van der Waals surface area contributed by atoms with Crippen LogP contribution in [0.15, 0.2) is 12.7 Å². The van der Waals surface area contributed by atoms with Crippen LogP contribution in [0, 0.1) is 0 Å². The van der Waals surface area contributed by atoms with Gasteiger partial charge < -0.3 is 10.6 Å². The second kappa shape index (κ2) is 7.65. The van der Waals surface area contributed by atoms with E-state index in [4.69, 9.17) is 4.98 Å². The average Bonchev–Trinajstić information content (AvgIpc) is 2.83. The Bertz CT molecular complexity index is 400. The summed E-state index contributed by atoms with van der Waals surface area (Å²) in [6.45, 7) is 7.95. The second-order valence-electron chi connectivity index (χ2n) is 5.16. The standard InChI is InChI=1S/C15H25N3S/c1-3-5-6-10-17-15-18-13-8-7-12(16-9-4-2)11-14(13)19-15/h4,12,16H,2-3,5-11H2,1H3,(H,17,18). The van der Waals surface area contributed by atoms with Gasteiger partial charge in [0, 0.05) is 24.0 Å². The molecule has 4 heteroatoms. The molecule has 1 atom stereocenters. The van der Waals surface area contributed by atoms with Crippen LogP contribution in [0.4, 0.5) is 5.13 Å². The van der Waals surface area contributed by atoms with Crippen LogP contribution in [0.2, 0.25) is 0 Å². The van der Waals surface area contributed by atoms with E-state index in [0.717, 1.165) is 31.1 Å². The van der Waals surface area contributed by atoms with E-state index >= 15 is 0 Å². The van der Waals surface area contributed by atoms with Gasteiger partial charge in [0.25, 0.3) is 0 Å². The van der Waals surface area contributed by atoms with Crippen molar-refractivity contribution in [3.63, 3.8) is 0 Å². The molecule has 3 nitrogen and oxygen atoms in total. The number of thiazole rings is 1. The van der Waals surface area contributed by atoms with Gasteiger partial charge >= 0.3 is 0 Å². The summed E-state index contributed by atoms with van der Waals surface area (Å²) < 4.78 is 0. The summed E-state index contributed by atoms with van der Waals surface area (Å²) >= 11 is 1.84. The zero-order valence-electron chi connectivity index (χ0n) is 11.9. The molecule has 0 aliphatic heterocycles. The molecule has 0 fully saturated rings. The Labute approximate surface area is 120 Å². The van der Waals surface area contributed by atoms with E-state index in [1.807, 2.05) is 17.4 Å². The number of hydrogen-bond acceptors (Lipinski definition) is 4. The van der Waals surface area contributed by atoms with E-state index in [2.05, 4.69) is 24.1 Å². The number of fused-ring (bicyclic) bond motifs is 1. The Hall–Kier alpha value is -0.870. The van der Waals surface area contributed by atoms with Gasteiger partial charge in [-0.3, -0.25) is 0 Å². The Morgan fingerprint density at radius 1 is 1.47 bits per heavy atom. The second-order valence-corrected chi connectivity index (χ2v) is 6.24. The molecule has 2 rings (SSSR count). The largest absolute Gasteiger partial charge is 0.362 e. The average molecular weight is 279 g/mol. The highest BCUT2D eigenvalue weighted by molar-refractivity contribution is 7.15. The molecule has 1 unspecified atom stereocenters. The number of nitrogens with zero attached hydrogens (tertiary/aromatic N) is 1. The molecule has 0 radical (unpaired) electrons. The first-order valence-electron chi connectivity index (χ1n) is 7.40. The molecule has 1 heterocycles. The summed E-state index contributed by atoms with van der Waals surface area (Å²) in [5.74, 6) is 0. The van der Waals surface area contributed by atoms with Crippen LogP contribution in [0.3, 0.4) is 0 Å². The Morgan fingerprint density at radius 3 is 3.16 bits per heavy atom. The number of aromatic nitrogens is 1. The number of aryl methyl sites for hydroxylation is 1. The minimum Gasteiger partial charge on any atom is -0.362 e. The van der Waals surface area contributed by atoms with Crippen LogP contribution >= 0.6 is 11.3 Å². The lowest BCUT2D eigenvalue weighted by molar-refractivity contribution is 0.480. The zero-order valence-corrected chi connectivity index (χ0v) is 12.7. The van der Waals surface area contributed by atoms with Crippen molar-refractivity contribution >= 4 is 16.5 Å². The van der Waals surface area contributed by atoms with E-state index in [-0.39, 0.29) is 0 Å². The lowest BCUT2D eigenvalue weighted by Gasteiger charge is -2.21. The first kappa shape index (κ1) is 14.5. The molecule has 106 valence electrons. The third-order valence-electron chi connectivity index (χ3n) is 3.55. The maximum Gasteiger partial charge on any atom is 0.183 e. The number of rotatable bonds is 8. The fraction of sp³-hybridized carbons (Fsp3) is 0.667. The van der Waals surface area contributed by atoms with E-state index in [1.165, 1.54) is 36.3 Å². The lowest BCUT2D eigenvalue weighted by atomic mass is 9.98. The Kier molecular flexibility index (Phi) is 5.86. The number of unbranched alkanes of at least 4 members (excludes halogenated alkanes) is 2. The summed E-state index contributed by atoms with van der Waals surface area (Å²) in [6.07, 6.45) is 9.17. The van der Waals surface area contributed by atoms with Crippen molar-refractivity contribution in [2.45, 2.75) is 51.5 Å². The van der Waals surface area contributed by atoms with Crippen LogP contribution in [-0.2, 0) is 12.8 Å². The van der Waals surface area contributed by atoms with Crippen LogP contribution in [0.25, 0.3) is 0 Å². The first-order chi connectivity index (χ1) is 9.33. The molecule has 1 aliphatic carbocycles. The van der Waals surface area contributed by atoms with Gasteiger partial charge in [-0.25, -0.2) is 4.98 Å². The number of anilines is 1. The van der Waals surface area contributed by atoms with Gasteiger partial charge in [-0.15, -0.1) is 17.9 Å². The topological polar surface area (TPSA) is 37.0 Å². The predicted octanol–water partition coefficient (Wildman–Crippen LogP) is 3.38. The van der Waals surface area contributed by atoms with Crippen molar-refractivity contribution in [1.29, 1.82) is 0 Å². The molecule has 2 N–H and O–H groups in total.